The Bertz CT molecular complexity index is 878. The van der Waals surface area contributed by atoms with Gasteiger partial charge in [0.25, 0.3) is 11.8 Å². The second-order valence-corrected chi connectivity index (χ2v) is 8.50. The van der Waals surface area contributed by atoms with Crippen LogP contribution in [0.3, 0.4) is 0 Å². The van der Waals surface area contributed by atoms with Crippen LogP contribution in [0.4, 0.5) is 5.69 Å². The molecule has 0 unspecified atom stereocenters. The molecule has 0 saturated carbocycles. The molecule has 1 aromatic rings. The van der Waals surface area contributed by atoms with Crippen LogP contribution >= 0.6 is 0 Å². The van der Waals surface area contributed by atoms with Gasteiger partial charge in [0.05, 0.1) is 99.0 Å². The van der Waals surface area contributed by atoms with Crippen molar-refractivity contribution in [3.8, 4) is 5.75 Å². The van der Waals surface area contributed by atoms with Gasteiger partial charge in [-0.25, -0.2) is 0 Å². The Morgan fingerprint density at radius 1 is 0.585 bits per heavy atom. The van der Waals surface area contributed by atoms with Crippen molar-refractivity contribution >= 4 is 23.4 Å². The lowest BCUT2D eigenvalue weighted by Gasteiger charge is -2.13. The minimum atomic E-state index is -0.309. The summed E-state index contributed by atoms with van der Waals surface area (Å²) in [6.07, 6.45) is 2.50. The summed E-state index contributed by atoms with van der Waals surface area (Å²) in [4.78, 5) is 34.9. The average Bonchev–Trinajstić information content (AvgIpc) is 3.28. The van der Waals surface area contributed by atoms with Crippen LogP contribution in [0.1, 0.15) is 6.92 Å². The molecule has 230 valence electrons. The lowest BCUT2D eigenvalue weighted by atomic mass is 10.3. The van der Waals surface area contributed by atoms with Gasteiger partial charge >= 0.3 is 0 Å². The fourth-order valence-corrected chi connectivity index (χ4v) is 3.29. The molecule has 3 amide bonds. The number of nitrogens with one attached hydrogen (secondary N) is 1. The third-order valence-electron chi connectivity index (χ3n) is 5.26. The molecular weight excluding hydrogens is 540 g/mol. The van der Waals surface area contributed by atoms with Crippen LogP contribution < -0.4 is 10.1 Å². The maximum absolute atomic E-state index is 11.4. The molecule has 41 heavy (non-hydrogen) atoms. The summed E-state index contributed by atoms with van der Waals surface area (Å²) >= 11 is 0. The molecule has 13 heteroatoms. The number of hydrogen-bond donors (Lipinski definition) is 1. The molecule has 0 spiro atoms. The van der Waals surface area contributed by atoms with Crippen LogP contribution in [0.5, 0.6) is 5.75 Å². The summed E-state index contributed by atoms with van der Waals surface area (Å²) in [5.41, 5.74) is 0.726. The molecule has 0 bridgehead atoms. The molecule has 1 N–H and O–H groups in total. The quantitative estimate of drug-likeness (QED) is 0.124. The molecule has 1 aliphatic heterocycles. The highest BCUT2D eigenvalue weighted by Crippen LogP contribution is 2.15. The average molecular weight is 583 g/mol. The van der Waals surface area contributed by atoms with E-state index in [9.17, 15) is 14.4 Å². The molecule has 0 fully saturated rings. The summed E-state index contributed by atoms with van der Waals surface area (Å²) < 4.78 is 43.6. The normalized spacial score (nSPS) is 12.9. The zero-order valence-electron chi connectivity index (χ0n) is 23.7. The fourth-order valence-electron chi connectivity index (χ4n) is 3.29. The van der Waals surface area contributed by atoms with Crippen LogP contribution in [0.25, 0.3) is 0 Å². The summed E-state index contributed by atoms with van der Waals surface area (Å²) in [5, 5.41) is 2.70. The number of ether oxygens (including phenoxy) is 8. The van der Waals surface area contributed by atoms with E-state index in [4.69, 9.17) is 37.9 Å². The lowest BCUT2D eigenvalue weighted by Crippen LogP contribution is -2.33. The molecule has 1 heterocycles. The van der Waals surface area contributed by atoms with E-state index in [0.29, 0.717) is 98.2 Å². The summed E-state index contributed by atoms with van der Waals surface area (Å²) in [6, 6.07) is 7.14. The Morgan fingerprint density at radius 3 is 1.34 bits per heavy atom. The van der Waals surface area contributed by atoms with Crippen molar-refractivity contribution in [2.24, 2.45) is 0 Å². The van der Waals surface area contributed by atoms with E-state index in [1.807, 2.05) is 0 Å². The van der Waals surface area contributed by atoms with E-state index in [-0.39, 0.29) is 30.9 Å². The largest absolute Gasteiger partial charge is 0.491 e. The minimum Gasteiger partial charge on any atom is -0.491 e. The molecule has 1 aromatic carbocycles. The van der Waals surface area contributed by atoms with E-state index < -0.39 is 0 Å². The summed E-state index contributed by atoms with van der Waals surface area (Å²) in [5.74, 6) is -0.0210. The third kappa shape index (κ3) is 17.5. The van der Waals surface area contributed by atoms with Crippen molar-refractivity contribution in [3.05, 3.63) is 36.4 Å². The monoisotopic (exact) mass is 582 g/mol. The highest BCUT2D eigenvalue weighted by atomic mass is 16.6. The molecule has 1 aliphatic rings. The number of hydrogen-bond acceptors (Lipinski definition) is 11. The van der Waals surface area contributed by atoms with Gasteiger partial charge in [-0.3, -0.25) is 19.3 Å². The predicted molar refractivity (Wildman–Crippen MR) is 148 cm³/mol. The van der Waals surface area contributed by atoms with Crippen LogP contribution in [0.15, 0.2) is 36.4 Å². The van der Waals surface area contributed by atoms with E-state index in [1.54, 1.807) is 24.3 Å². The van der Waals surface area contributed by atoms with Gasteiger partial charge in [-0.05, 0) is 24.3 Å². The topological polar surface area (TPSA) is 140 Å². The standard InChI is InChI=1S/C28H42N2O11/c1-24(31)29-25-2-4-26(5-3-25)41-23-22-40-21-20-39-19-18-38-17-16-37-15-14-36-13-12-35-11-10-34-9-8-30-27(32)6-7-28(30)33/h2-7H,8-23H2,1H3,(H,29,31). The van der Waals surface area contributed by atoms with Gasteiger partial charge in [0.15, 0.2) is 0 Å². The first-order valence-corrected chi connectivity index (χ1v) is 13.6. The SMILES string of the molecule is CC(=O)Nc1ccc(OCCOCCOCCOCCOCCOCCOCCOCCN2C(=O)C=CC2=O)cc1. The Balaban J connectivity index is 1.21. The molecular formula is C28H42N2O11. The van der Waals surface area contributed by atoms with Gasteiger partial charge in [0.1, 0.15) is 12.4 Å². The number of nitrogens with zero attached hydrogens (tertiary/aromatic N) is 1. The van der Waals surface area contributed by atoms with Gasteiger partial charge in [-0.1, -0.05) is 0 Å². The number of rotatable bonds is 26. The van der Waals surface area contributed by atoms with Gasteiger partial charge in [-0.2, -0.15) is 0 Å². The first kappa shape index (κ1) is 34.3. The van der Waals surface area contributed by atoms with Crippen LogP contribution in [0, 0.1) is 0 Å². The van der Waals surface area contributed by atoms with Crippen LogP contribution in [-0.2, 0) is 47.5 Å². The predicted octanol–water partition coefficient (Wildman–Crippen LogP) is 1.07. The van der Waals surface area contributed by atoms with Crippen molar-refractivity contribution in [2.45, 2.75) is 6.92 Å². The fraction of sp³-hybridized carbons (Fsp3) is 0.607. The number of anilines is 1. The molecule has 13 nitrogen and oxygen atoms in total. The molecule has 0 aromatic heterocycles. The van der Waals surface area contributed by atoms with Gasteiger partial charge in [-0.15, -0.1) is 0 Å². The van der Waals surface area contributed by atoms with Crippen molar-refractivity contribution in [2.75, 3.05) is 111 Å². The lowest BCUT2D eigenvalue weighted by molar-refractivity contribution is -0.137. The Hall–Kier alpha value is -2.91. The van der Waals surface area contributed by atoms with Gasteiger partial charge < -0.3 is 43.2 Å². The molecule has 0 saturated heterocycles. The number of amides is 3. The smallest absolute Gasteiger partial charge is 0.253 e. The summed E-state index contributed by atoms with van der Waals surface area (Å²) in [6.45, 7) is 8.29. The summed E-state index contributed by atoms with van der Waals surface area (Å²) in [7, 11) is 0. The van der Waals surface area contributed by atoms with Crippen molar-refractivity contribution in [1.29, 1.82) is 0 Å². The third-order valence-corrected chi connectivity index (χ3v) is 5.26. The van der Waals surface area contributed by atoms with Crippen molar-refractivity contribution < 1.29 is 52.3 Å². The second-order valence-electron chi connectivity index (χ2n) is 8.50. The Morgan fingerprint density at radius 2 is 0.951 bits per heavy atom. The van der Waals surface area contributed by atoms with E-state index in [0.717, 1.165) is 10.6 Å². The zero-order valence-corrected chi connectivity index (χ0v) is 23.7. The zero-order chi connectivity index (χ0) is 29.4. The molecule has 0 atom stereocenters. The number of carbonyl (C=O) groups is 3. The van der Waals surface area contributed by atoms with E-state index >= 15 is 0 Å². The second kappa shape index (κ2) is 22.7. The van der Waals surface area contributed by atoms with E-state index in [1.165, 1.54) is 19.1 Å². The number of carbonyl (C=O) groups excluding carboxylic acids is 3. The Kier molecular flexibility index (Phi) is 19.0. The maximum Gasteiger partial charge on any atom is 0.253 e. The first-order chi connectivity index (χ1) is 20.1. The highest BCUT2D eigenvalue weighted by Gasteiger charge is 2.22. The maximum atomic E-state index is 11.4. The van der Waals surface area contributed by atoms with E-state index in [2.05, 4.69) is 5.32 Å². The minimum absolute atomic E-state index is 0.113. The van der Waals surface area contributed by atoms with Crippen LogP contribution in [0.2, 0.25) is 0 Å². The van der Waals surface area contributed by atoms with Crippen molar-refractivity contribution in [1.82, 2.24) is 4.90 Å². The molecule has 2 rings (SSSR count). The van der Waals surface area contributed by atoms with Gasteiger partial charge in [0, 0.05) is 24.8 Å². The van der Waals surface area contributed by atoms with Crippen LogP contribution in [-0.4, -0.2) is 128 Å². The molecule has 0 radical (unpaired) electrons. The molecule has 0 aliphatic carbocycles. The highest BCUT2D eigenvalue weighted by molar-refractivity contribution is 6.12. The first-order valence-electron chi connectivity index (χ1n) is 13.6. The van der Waals surface area contributed by atoms with Crippen molar-refractivity contribution in [3.63, 3.8) is 0 Å². The number of benzene rings is 1. The Labute approximate surface area is 240 Å². The number of imide groups is 1. The van der Waals surface area contributed by atoms with Gasteiger partial charge in [0.2, 0.25) is 5.91 Å².